The molecule has 0 saturated carbocycles. The SMILES string of the molecule is OCC=Cc1ccc2c(c1)OC(CO)C(c1ccc(O)c(O)c1)O2. The van der Waals surface area contributed by atoms with Crippen molar-refractivity contribution in [3.05, 3.63) is 53.6 Å². The first-order valence-electron chi connectivity index (χ1n) is 7.50. The molecule has 6 nitrogen and oxygen atoms in total. The molecule has 0 fully saturated rings. The van der Waals surface area contributed by atoms with Crippen molar-refractivity contribution in [1.29, 1.82) is 0 Å². The number of ether oxygens (including phenoxy) is 2. The van der Waals surface area contributed by atoms with Gasteiger partial charge in [0.25, 0.3) is 0 Å². The minimum atomic E-state index is -0.654. The average Bonchev–Trinajstić information content (AvgIpc) is 2.61. The van der Waals surface area contributed by atoms with Crippen LogP contribution < -0.4 is 9.47 Å². The third-order valence-corrected chi connectivity index (χ3v) is 3.76. The summed E-state index contributed by atoms with van der Waals surface area (Å²) >= 11 is 0. The van der Waals surface area contributed by atoms with Crippen molar-refractivity contribution in [2.45, 2.75) is 12.2 Å². The van der Waals surface area contributed by atoms with Crippen molar-refractivity contribution in [3.8, 4) is 23.0 Å². The Labute approximate surface area is 138 Å². The molecule has 1 aliphatic heterocycles. The van der Waals surface area contributed by atoms with Gasteiger partial charge in [0.2, 0.25) is 0 Å². The van der Waals surface area contributed by atoms with E-state index in [9.17, 15) is 15.3 Å². The quantitative estimate of drug-likeness (QED) is 0.640. The van der Waals surface area contributed by atoms with Gasteiger partial charge in [-0.2, -0.15) is 0 Å². The molecule has 2 unspecified atom stereocenters. The van der Waals surface area contributed by atoms with Gasteiger partial charge in [0.05, 0.1) is 13.2 Å². The highest BCUT2D eigenvalue weighted by atomic mass is 16.6. The molecule has 0 aliphatic carbocycles. The zero-order valence-corrected chi connectivity index (χ0v) is 12.8. The van der Waals surface area contributed by atoms with E-state index in [2.05, 4.69) is 0 Å². The van der Waals surface area contributed by atoms with Gasteiger partial charge in [-0.05, 0) is 29.8 Å². The van der Waals surface area contributed by atoms with Crippen LogP contribution in [-0.4, -0.2) is 39.7 Å². The summed E-state index contributed by atoms with van der Waals surface area (Å²) < 4.78 is 11.7. The highest BCUT2D eigenvalue weighted by Crippen LogP contribution is 2.41. The standard InChI is InChI=1S/C18H18O6/c19-7-1-2-11-3-6-15-16(8-11)23-17(10-20)18(24-15)12-4-5-13(21)14(22)9-12/h1-6,8-9,17-22H,7,10H2. The third-order valence-electron chi connectivity index (χ3n) is 3.76. The Balaban J connectivity index is 1.92. The van der Waals surface area contributed by atoms with Gasteiger partial charge >= 0.3 is 0 Å². The molecule has 1 heterocycles. The second-order valence-electron chi connectivity index (χ2n) is 5.42. The Bertz CT molecular complexity index is 755. The average molecular weight is 330 g/mol. The van der Waals surface area contributed by atoms with Gasteiger partial charge in [0.1, 0.15) is 0 Å². The topological polar surface area (TPSA) is 99.4 Å². The summed E-state index contributed by atoms with van der Waals surface area (Å²) in [7, 11) is 0. The number of aromatic hydroxyl groups is 2. The minimum absolute atomic E-state index is 0.0554. The van der Waals surface area contributed by atoms with E-state index >= 15 is 0 Å². The molecule has 4 N–H and O–H groups in total. The van der Waals surface area contributed by atoms with E-state index in [1.54, 1.807) is 30.4 Å². The highest BCUT2D eigenvalue weighted by molar-refractivity contribution is 5.56. The fourth-order valence-electron chi connectivity index (χ4n) is 2.58. The number of hydrogen-bond donors (Lipinski definition) is 4. The number of rotatable bonds is 4. The van der Waals surface area contributed by atoms with E-state index in [1.165, 1.54) is 12.1 Å². The van der Waals surface area contributed by atoms with E-state index in [0.717, 1.165) is 5.56 Å². The maximum Gasteiger partial charge on any atom is 0.163 e. The van der Waals surface area contributed by atoms with Crippen molar-refractivity contribution in [3.63, 3.8) is 0 Å². The normalized spacial score (nSPS) is 19.6. The van der Waals surface area contributed by atoms with Gasteiger partial charge in [-0.1, -0.05) is 24.3 Å². The van der Waals surface area contributed by atoms with Crippen LogP contribution in [0.25, 0.3) is 6.08 Å². The lowest BCUT2D eigenvalue weighted by atomic mass is 10.0. The summed E-state index contributed by atoms with van der Waals surface area (Å²) in [6.07, 6.45) is 2.09. The first-order chi connectivity index (χ1) is 11.6. The van der Waals surface area contributed by atoms with E-state index < -0.39 is 12.2 Å². The molecular weight excluding hydrogens is 312 g/mol. The van der Waals surface area contributed by atoms with Crippen LogP contribution in [0.2, 0.25) is 0 Å². The minimum Gasteiger partial charge on any atom is -0.504 e. The van der Waals surface area contributed by atoms with E-state index in [-0.39, 0.29) is 24.7 Å². The number of benzene rings is 2. The molecule has 2 atom stereocenters. The van der Waals surface area contributed by atoms with Crippen molar-refractivity contribution in [2.75, 3.05) is 13.2 Å². The lowest BCUT2D eigenvalue weighted by molar-refractivity contribution is -0.0124. The molecule has 0 spiro atoms. The van der Waals surface area contributed by atoms with Gasteiger partial charge in [-0.3, -0.25) is 0 Å². The van der Waals surface area contributed by atoms with E-state index in [0.29, 0.717) is 17.1 Å². The van der Waals surface area contributed by atoms with Crippen LogP contribution in [0.1, 0.15) is 17.2 Å². The molecule has 126 valence electrons. The predicted molar refractivity (Wildman–Crippen MR) is 87.2 cm³/mol. The van der Waals surface area contributed by atoms with Crippen molar-refractivity contribution < 1.29 is 29.9 Å². The molecule has 3 rings (SSSR count). The second kappa shape index (κ2) is 6.82. The van der Waals surface area contributed by atoms with Gasteiger partial charge in [0.15, 0.2) is 35.2 Å². The van der Waals surface area contributed by atoms with Crippen LogP contribution in [0.5, 0.6) is 23.0 Å². The molecule has 1 aliphatic rings. The van der Waals surface area contributed by atoms with Crippen molar-refractivity contribution in [1.82, 2.24) is 0 Å². The lowest BCUT2D eigenvalue weighted by Gasteiger charge is -2.33. The Morgan fingerprint density at radius 2 is 1.75 bits per heavy atom. The predicted octanol–water partition coefficient (Wildman–Crippen LogP) is 1.98. The largest absolute Gasteiger partial charge is 0.504 e. The molecule has 0 aromatic heterocycles. The fourth-order valence-corrected chi connectivity index (χ4v) is 2.58. The molecular formula is C18H18O6. The van der Waals surface area contributed by atoms with Crippen LogP contribution >= 0.6 is 0 Å². The number of aliphatic hydroxyl groups excluding tert-OH is 2. The summed E-state index contributed by atoms with van der Waals surface area (Å²) in [5.41, 5.74) is 1.42. The Morgan fingerprint density at radius 1 is 0.917 bits per heavy atom. The number of phenols is 2. The summed E-state index contributed by atoms with van der Waals surface area (Å²) in [6.45, 7) is -0.331. The molecule has 24 heavy (non-hydrogen) atoms. The molecule has 2 aromatic rings. The molecule has 0 saturated heterocycles. The highest BCUT2D eigenvalue weighted by Gasteiger charge is 2.33. The number of hydrogen-bond acceptors (Lipinski definition) is 6. The van der Waals surface area contributed by atoms with E-state index in [4.69, 9.17) is 14.6 Å². The third kappa shape index (κ3) is 3.15. The first kappa shape index (κ1) is 16.2. The number of phenolic OH excluding ortho intramolecular Hbond substituents is 2. The monoisotopic (exact) mass is 330 g/mol. The number of aliphatic hydroxyl groups is 2. The second-order valence-corrected chi connectivity index (χ2v) is 5.42. The van der Waals surface area contributed by atoms with Crippen LogP contribution in [0.3, 0.4) is 0 Å². The molecule has 2 aromatic carbocycles. The Morgan fingerprint density at radius 3 is 2.46 bits per heavy atom. The fraction of sp³-hybridized carbons (Fsp3) is 0.222. The zero-order chi connectivity index (χ0) is 17.1. The van der Waals surface area contributed by atoms with Gasteiger partial charge in [-0.25, -0.2) is 0 Å². The van der Waals surface area contributed by atoms with Crippen LogP contribution in [-0.2, 0) is 0 Å². The number of fused-ring (bicyclic) bond motifs is 1. The van der Waals surface area contributed by atoms with Crippen LogP contribution in [0.15, 0.2) is 42.5 Å². The molecule has 0 radical (unpaired) electrons. The van der Waals surface area contributed by atoms with Gasteiger partial charge in [-0.15, -0.1) is 0 Å². The van der Waals surface area contributed by atoms with Crippen LogP contribution in [0, 0.1) is 0 Å². The zero-order valence-electron chi connectivity index (χ0n) is 12.8. The van der Waals surface area contributed by atoms with Crippen molar-refractivity contribution in [2.24, 2.45) is 0 Å². The maximum atomic E-state index is 9.67. The smallest absolute Gasteiger partial charge is 0.163 e. The summed E-state index contributed by atoms with van der Waals surface area (Å²) in [6, 6.07) is 9.67. The summed E-state index contributed by atoms with van der Waals surface area (Å²) in [5.74, 6) is 0.520. The maximum absolute atomic E-state index is 9.67. The Hall–Kier alpha value is -2.70. The van der Waals surface area contributed by atoms with Crippen LogP contribution in [0.4, 0.5) is 0 Å². The van der Waals surface area contributed by atoms with Gasteiger partial charge < -0.3 is 29.9 Å². The lowest BCUT2D eigenvalue weighted by Crippen LogP contribution is -2.36. The summed E-state index contributed by atoms with van der Waals surface area (Å²) in [4.78, 5) is 0. The molecule has 0 amide bonds. The van der Waals surface area contributed by atoms with Crippen molar-refractivity contribution >= 4 is 6.08 Å². The molecule has 0 bridgehead atoms. The van der Waals surface area contributed by atoms with Gasteiger partial charge in [0, 0.05) is 5.56 Å². The Kier molecular flexibility index (Phi) is 4.59. The first-order valence-corrected chi connectivity index (χ1v) is 7.50. The molecule has 6 heteroatoms. The summed E-state index contributed by atoms with van der Waals surface area (Å²) in [5, 5.41) is 37.5. The van der Waals surface area contributed by atoms with E-state index in [1.807, 2.05) is 6.07 Å².